The van der Waals surface area contributed by atoms with E-state index in [1.54, 1.807) is 11.8 Å². The summed E-state index contributed by atoms with van der Waals surface area (Å²) in [5, 5.41) is 0. The first-order valence-electron chi connectivity index (χ1n) is 7.14. The Morgan fingerprint density at radius 1 is 1.23 bits per heavy atom. The molecular formula is C16H21N3O2S. The SMILES string of the molecule is C=C(C(N)=O)c1ccccc1N1CCN(C(=O)CSC)CC1. The van der Waals surface area contributed by atoms with Crippen LogP contribution in [0.25, 0.3) is 5.57 Å². The zero-order valence-corrected chi connectivity index (χ0v) is 13.6. The van der Waals surface area contributed by atoms with Gasteiger partial charge in [-0.05, 0) is 12.3 Å². The number of primary amides is 1. The number of nitrogens with zero attached hydrogens (tertiary/aromatic N) is 2. The molecule has 1 aliphatic rings. The standard InChI is InChI=1S/C16H21N3O2S/c1-12(16(17)21)13-5-3-4-6-14(13)18-7-9-19(10-8-18)15(20)11-22-2/h3-6H,1,7-11H2,2H3,(H2,17,21). The van der Waals surface area contributed by atoms with Crippen LogP contribution in [-0.2, 0) is 9.59 Å². The summed E-state index contributed by atoms with van der Waals surface area (Å²) in [5.74, 6) is 0.193. The summed E-state index contributed by atoms with van der Waals surface area (Å²) in [6, 6.07) is 7.61. The normalized spacial score (nSPS) is 14.8. The molecule has 118 valence electrons. The molecule has 2 rings (SSSR count). The van der Waals surface area contributed by atoms with Crippen molar-refractivity contribution < 1.29 is 9.59 Å². The number of piperazine rings is 1. The van der Waals surface area contributed by atoms with E-state index in [0.29, 0.717) is 24.4 Å². The molecule has 0 saturated carbocycles. The van der Waals surface area contributed by atoms with Crippen molar-refractivity contribution in [2.45, 2.75) is 0 Å². The molecule has 0 radical (unpaired) electrons. The van der Waals surface area contributed by atoms with Crippen LogP contribution in [0, 0.1) is 0 Å². The van der Waals surface area contributed by atoms with Crippen molar-refractivity contribution in [3.63, 3.8) is 0 Å². The summed E-state index contributed by atoms with van der Waals surface area (Å²) < 4.78 is 0. The average molecular weight is 319 g/mol. The molecule has 0 aromatic heterocycles. The number of benzene rings is 1. The fraction of sp³-hybridized carbons (Fsp3) is 0.375. The van der Waals surface area contributed by atoms with E-state index in [0.717, 1.165) is 24.3 Å². The fourth-order valence-corrected chi connectivity index (χ4v) is 2.98. The van der Waals surface area contributed by atoms with Crippen LogP contribution in [0.5, 0.6) is 0 Å². The third-order valence-corrected chi connectivity index (χ3v) is 4.30. The third kappa shape index (κ3) is 3.62. The van der Waals surface area contributed by atoms with E-state index < -0.39 is 5.91 Å². The molecule has 2 N–H and O–H groups in total. The monoisotopic (exact) mass is 319 g/mol. The number of carbonyl (C=O) groups excluding carboxylic acids is 2. The Kier molecular flexibility index (Phi) is 5.49. The Labute approximate surface area is 135 Å². The number of hydrogen-bond donors (Lipinski definition) is 1. The summed E-state index contributed by atoms with van der Waals surface area (Å²) in [4.78, 5) is 27.4. The highest BCUT2D eigenvalue weighted by molar-refractivity contribution is 7.99. The maximum Gasteiger partial charge on any atom is 0.248 e. The molecule has 5 nitrogen and oxygen atoms in total. The van der Waals surface area contributed by atoms with Crippen molar-refractivity contribution in [2.75, 3.05) is 43.1 Å². The lowest BCUT2D eigenvalue weighted by Gasteiger charge is -2.37. The first-order chi connectivity index (χ1) is 10.5. The Hall–Kier alpha value is -1.95. The highest BCUT2D eigenvalue weighted by Gasteiger charge is 2.23. The Balaban J connectivity index is 2.10. The van der Waals surface area contributed by atoms with Gasteiger partial charge in [-0.2, -0.15) is 11.8 Å². The second-order valence-electron chi connectivity index (χ2n) is 5.16. The Bertz CT molecular complexity index is 581. The molecule has 1 aliphatic heterocycles. The number of hydrogen-bond acceptors (Lipinski definition) is 4. The molecule has 1 aromatic rings. The molecule has 0 aliphatic carbocycles. The summed E-state index contributed by atoms with van der Waals surface area (Å²) in [7, 11) is 0. The second kappa shape index (κ2) is 7.35. The third-order valence-electron chi connectivity index (χ3n) is 3.77. The van der Waals surface area contributed by atoms with Crippen molar-refractivity contribution >= 4 is 34.8 Å². The van der Waals surface area contributed by atoms with Gasteiger partial charge in [0.15, 0.2) is 0 Å². The van der Waals surface area contributed by atoms with Crippen LogP contribution < -0.4 is 10.6 Å². The van der Waals surface area contributed by atoms with E-state index in [1.165, 1.54) is 0 Å². The number of anilines is 1. The number of amides is 2. The molecule has 22 heavy (non-hydrogen) atoms. The molecule has 1 fully saturated rings. The van der Waals surface area contributed by atoms with Crippen LogP contribution >= 0.6 is 11.8 Å². The quantitative estimate of drug-likeness (QED) is 0.828. The maximum absolute atomic E-state index is 11.9. The molecule has 0 bridgehead atoms. The highest BCUT2D eigenvalue weighted by Crippen LogP contribution is 2.27. The molecule has 2 amide bonds. The second-order valence-corrected chi connectivity index (χ2v) is 6.03. The van der Waals surface area contributed by atoms with E-state index in [9.17, 15) is 9.59 Å². The van der Waals surface area contributed by atoms with Crippen LogP contribution in [-0.4, -0.2) is 54.9 Å². The lowest BCUT2D eigenvalue weighted by molar-refractivity contribution is -0.128. The number of para-hydroxylation sites is 1. The maximum atomic E-state index is 11.9. The molecule has 1 heterocycles. The van der Waals surface area contributed by atoms with Gasteiger partial charge in [-0.3, -0.25) is 9.59 Å². The van der Waals surface area contributed by atoms with Gasteiger partial charge in [-0.1, -0.05) is 24.8 Å². The molecule has 1 saturated heterocycles. The van der Waals surface area contributed by atoms with Crippen molar-refractivity contribution in [1.29, 1.82) is 0 Å². The zero-order chi connectivity index (χ0) is 16.1. The predicted octanol–water partition coefficient (Wildman–Crippen LogP) is 1.20. The highest BCUT2D eigenvalue weighted by atomic mass is 32.2. The van der Waals surface area contributed by atoms with Gasteiger partial charge in [0.25, 0.3) is 0 Å². The molecule has 0 spiro atoms. The summed E-state index contributed by atoms with van der Waals surface area (Å²) in [6.07, 6.45) is 1.93. The summed E-state index contributed by atoms with van der Waals surface area (Å²) >= 11 is 1.54. The van der Waals surface area contributed by atoms with E-state index in [4.69, 9.17) is 5.73 Å². The smallest absolute Gasteiger partial charge is 0.248 e. The number of nitrogens with two attached hydrogens (primary N) is 1. The van der Waals surface area contributed by atoms with Gasteiger partial charge >= 0.3 is 0 Å². The van der Waals surface area contributed by atoms with Gasteiger partial charge in [0.05, 0.1) is 5.75 Å². The lowest BCUT2D eigenvalue weighted by atomic mass is 10.0. The molecule has 0 atom stereocenters. The van der Waals surface area contributed by atoms with Gasteiger partial charge in [0, 0.05) is 43.0 Å². The topological polar surface area (TPSA) is 66.6 Å². The van der Waals surface area contributed by atoms with Gasteiger partial charge in [-0.15, -0.1) is 0 Å². The number of thioether (sulfide) groups is 1. The van der Waals surface area contributed by atoms with Crippen LogP contribution in [0.15, 0.2) is 30.8 Å². The van der Waals surface area contributed by atoms with Crippen LogP contribution in [0.1, 0.15) is 5.56 Å². The molecule has 0 unspecified atom stereocenters. The van der Waals surface area contributed by atoms with Gasteiger partial charge in [0.2, 0.25) is 11.8 Å². The fourth-order valence-electron chi connectivity index (χ4n) is 2.55. The minimum absolute atomic E-state index is 0.182. The van der Waals surface area contributed by atoms with E-state index in [2.05, 4.69) is 11.5 Å². The summed E-state index contributed by atoms with van der Waals surface area (Å²) in [5.41, 5.74) is 7.38. The van der Waals surface area contributed by atoms with Gasteiger partial charge in [0.1, 0.15) is 0 Å². The van der Waals surface area contributed by atoms with Crippen LogP contribution in [0.4, 0.5) is 5.69 Å². The Morgan fingerprint density at radius 2 is 1.86 bits per heavy atom. The Morgan fingerprint density at radius 3 is 2.45 bits per heavy atom. The minimum Gasteiger partial charge on any atom is -0.367 e. The van der Waals surface area contributed by atoms with E-state index in [1.807, 2.05) is 35.4 Å². The van der Waals surface area contributed by atoms with Crippen LogP contribution in [0.3, 0.4) is 0 Å². The minimum atomic E-state index is -0.513. The predicted molar refractivity (Wildman–Crippen MR) is 91.8 cm³/mol. The van der Waals surface area contributed by atoms with Crippen molar-refractivity contribution in [3.05, 3.63) is 36.4 Å². The lowest BCUT2D eigenvalue weighted by Crippen LogP contribution is -2.49. The van der Waals surface area contributed by atoms with Crippen LogP contribution in [0.2, 0.25) is 0 Å². The molecule has 6 heteroatoms. The van der Waals surface area contributed by atoms with Gasteiger partial charge in [-0.25, -0.2) is 0 Å². The first-order valence-corrected chi connectivity index (χ1v) is 8.53. The zero-order valence-electron chi connectivity index (χ0n) is 12.7. The number of rotatable bonds is 5. The molecular weight excluding hydrogens is 298 g/mol. The first kappa shape index (κ1) is 16.4. The van der Waals surface area contributed by atoms with Crippen molar-refractivity contribution in [1.82, 2.24) is 4.90 Å². The van der Waals surface area contributed by atoms with Crippen molar-refractivity contribution in [3.8, 4) is 0 Å². The van der Waals surface area contributed by atoms with Crippen molar-refractivity contribution in [2.24, 2.45) is 5.73 Å². The summed E-state index contributed by atoms with van der Waals surface area (Å²) in [6.45, 7) is 6.64. The van der Waals surface area contributed by atoms with E-state index in [-0.39, 0.29) is 5.91 Å². The van der Waals surface area contributed by atoms with E-state index >= 15 is 0 Å². The molecule has 1 aromatic carbocycles. The average Bonchev–Trinajstić information content (AvgIpc) is 2.54. The largest absolute Gasteiger partial charge is 0.367 e. The number of carbonyl (C=O) groups is 2. The van der Waals surface area contributed by atoms with Gasteiger partial charge < -0.3 is 15.5 Å².